The number of aryl methyl sites for hydroxylation is 1. The summed E-state index contributed by atoms with van der Waals surface area (Å²) < 4.78 is 0. The van der Waals surface area contributed by atoms with Crippen LogP contribution in [0.25, 0.3) is 0 Å². The summed E-state index contributed by atoms with van der Waals surface area (Å²) in [5.74, 6) is 1.12. The van der Waals surface area contributed by atoms with Crippen LogP contribution in [0.2, 0.25) is 0 Å². The summed E-state index contributed by atoms with van der Waals surface area (Å²) in [7, 11) is 0. The Kier molecular flexibility index (Phi) is 5.49. The van der Waals surface area contributed by atoms with E-state index in [2.05, 4.69) is 26.1 Å². The molecule has 1 rings (SSSR count). The van der Waals surface area contributed by atoms with Crippen molar-refractivity contribution in [3.63, 3.8) is 0 Å². The maximum Gasteiger partial charge on any atom is 0.120 e. The lowest BCUT2D eigenvalue weighted by atomic mass is 10.0. The van der Waals surface area contributed by atoms with Crippen LogP contribution in [0.15, 0.2) is 18.2 Å². The summed E-state index contributed by atoms with van der Waals surface area (Å²) in [5, 5.41) is 13.4. The molecule has 1 atom stereocenters. The normalized spacial score (nSPS) is 13.0. The number of nitrogens with one attached hydrogen (secondary N) is 1. The molecule has 1 aromatic carbocycles. The molecule has 0 aliphatic heterocycles. The van der Waals surface area contributed by atoms with Gasteiger partial charge in [-0.25, -0.2) is 0 Å². The zero-order valence-electron chi connectivity index (χ0n) is 11.5. The fraction of sp³-hybridized carbons (Fsp3) is 0.600. The van der Waals surface area contributed by atoms with Gasteiger partial charge in [0.2, 0.25) is 0 Å². The summed E-state index contributed by atoms with van der Waals surface area (Å²) in [6, 6.07) is 6.08. The molecule has 0 aliphatic carbocycles. The van der Waals surface area contributed by atoms with Crippen molar-refractivity contribution in [2.24, 2.45) is 5.92 Å². The summed E-state index contributed by atoms with van der Waals surface area (Å²) in [5.41, 5.74) is 2.08. The van der Waals surface area contributed by atoms with Crippen LogP contribution in [0.4, 0.5) is 0 Å². The Morgan fingerprint density at radius 3 is 2.41 bits per heavy atom. The van der Waals surface area contributed by atoms with Gasteiger partial charge < -0.3 is 10.4 Å². The average Bonchev–Trinajstić information content (AvgIpc) is 2.30. The zero-order valence-corrected chi connectivity index (χ0v) is 11.5. The summed E-state index contributed by atoms with van der Waals surface area (Å²) in [4.78, 5) is 0. The zero-order chi connectivity index (χ0) is 12.8. The van der Waals surface area contributed by atoms with Gasteiger partial charge in [-0.15, -0.1) is 0 Å². The number of aromatic hydroxyl groups is 1. The van der Waals surface area contributed by atoms with Gasteiger partial charge in [0.15, 0.2) is 0 Å². The number of phenolic OH excluding ortho intramolecular Hbond substituents is 1. The molecule has 2 heteroatoms. The lowest BCUT2D eigenvalue weighted by Crippen LogP contribution is -2.25. The van der Waals surface area contributed by atoms with E-state index in [1.54, 1.807) is 0 Å². The van der Waals surface area contributed by atoms with Crippen molar-refractivity contribution < 1.29 is 5.11 Å². The topological polar surface area (TPSA) is 32.3 Å². The van der Waals surface area contributed by atoms with Gasteiger partial charge in [-0.2, -0.15) is 0 Å². The van der Waals surface area contributed by atoms with E-state index in [4.69, 9.17) is 0 Å². The number of hydrogen-bond donors (Lipinski definition) is 2. The van der Waals surface area contributed by atoms with Gasteiger partial charge in [0.1, 0.15) is 5.75 Å². The predicted octanol–water partition coefficient (Wildman–Crippen LogP) is 3.79. The molecule has 0 saturated heterocycles. The maximum absolute atomic E-state index is 9.90. The molecule has 0 spiro atoms. The van der Waals surface area contributed by atoms with Gasteiger partial charge in [0, 0.05) is 11.6 Å². The minimum atomic E-state index is 0.205. The van der Waals surface area contributed by atoms with E-state index in [9.17, 15) is 5.11 Å². The molecule has 2 nitrogen and oxygen atoms in total. The van der Waals surface area contributed by atoms with Gasteiger partial charge in [-0.05, 0) is 37.9 Å². The van der Waals surface area contributed by atoms with Crippen LogP contribution in [0.3, 0.4) is 0 Å². The Morgan fingerprint density at radius 1 is 1.24 bits per heavy atom. The minimum absolute atomic E-state index is 0.205. The Hall–Kier alpha value is -1.02. The summed E-state index contributed by atoms with van der Waals surface area (Å²) in [6.45, 7) is 9.56. The van der Waals surface area contributed by atoms with Crippen molar-refractivity contribution in [2.45, 2.75) is 46.6 Å². The molecule has 0 fully saturated rings. The first kappa shape index (κ1) is 14.0. The molecule has 0 bridgehead atoms. The summed E-state index contributed by atoms with van der Waals surface area (Å²) >= 11 is 0. The largest absolute Gasteiger partial charge is 0.508 e. The van der Waals surface area contributed by atoms with Gasteiger partial charge in [0.25, 0.3) is 0 Å². The quantitative estimate of drug-likeness (QED) is 0.786. The van der Waals surface area contributed by atoms with Crippen molar-refractivity contribution in [1.29, 1.82) is 0 Å². The van der Waals surface area contributed by atoms with Gasteiger partial charge >= 0.3 is 0 Å². The fourth-order valence-electron chi connectivity index (χ4n) is 2.05. The molecule has 0 saturated carbocycles. The number of hydrogen-bond acceptors (Lipinski definition) is 2. The highest BCUT2D eigenvalue weighted by atomic mass is 16.3. The van der Waals surface area contributed by atoms with Crippen LogP contribution in [0, 0.1) is 12.8 Å². The molecule has 2 N–H and O–H groups in total. The first-order chi connectivity index (χ1) is 8.08. The Labute approximate surface area is 105 Å². The van der Waals surface area contributed by atoms with Crippen LogP contribution in [0.1, 0.15) is 50.8 Å². The lowest BCUT2D eigenvalue weighted by Gasteiger charge is -2.19. The first-order valence-electron chi connectivity index (χ1n) is 6.61. The van der Waals surface area contributed by atoms with Crippen LogP contribution in [0.5, 0.6) is 5.75 Å². The molecule has 96 valence electrons. The second-order valence-electron chi connectivity index (χ2n) is 4.87. The molecule has 0 amide bonds. The Balaban J connectivity index is 2.60. The van der Waals surface area contributed by atoms with E-state index < -0.39 is 0 Å². The van der Waals surface area contributed by atoms with Crippen LogP contribution >= 0.6 is 0 Å². The third kappa shape index (κ3) is 4.04. The van der Waals surface area contributed by atoms with Crippen molar-refractivity contribution >= 4 is 0 Å². The second-order valence-corrected chi connectivity index (χ2v) is 4.87. The molecule has 17 heavy (non-hydrogen) atoms. The fourth-order valence-corrected chi connectivity index (χ4v) is 2.05. The predicted molar refractivity (Wildman–Crippen MR) is 73.3 cm³/mol. The average molecular weight is 235 g/mol. The molecule has 0 heterocycles. The van der Waals surface area contributed by atoms with Crippen molar-refractivity contribution in [3.05, 3.63) is 29.3 Å². The van der Waals surface area contributed by atoms with Crippen molar-refractivity contribution in [2.75, 3.05) is 6.54 Å². The van der Waals surface area contributed by atoms with E-state index in [1.165, 1.54) is 12.8 Å². The standard InChI is InChI=1S/C15H25NO/c1-5-13(6-2)10-16-12(4)14-8-7-11(3)9-15(14)17/h7-9,12-13,16-17H,5-6,10H2,1-4H3. The number of phenols is 1. The molecule has 0 aliphatic rings. The van der Waals surface area contributed by atoms with E-state index in [-0.39, 0.29) is 6.04 Å². The van der Waals surface area contributed by atoms with Gasteiger partial charge in [0.05, 0.1) is 0 Å². The smallest absolute Gasteiger partial charge is 0.120 e. The first-order valence-corrected chi connectivity index (χ1v) is 6.61. The van der Waals surface area contributed by atoms with Gasteiger partial charge in [-0.1, -0.05) is 38.8 Å². The van der Waals surface area contributed by atoms with Crippen LogP contribution in [-0.2, 0) is 0 Å². The van der Waals surface area contributed by atoms with Crippen LogP contribution < -0.4 is 5.32 Å². The minimum Gasteiger partial charge on any atom is -0.508 e. The SMILES string of the molecule is CCC(CC)CNC(C)c1ccc(C)cc1O. The van der Waals surface area contributed by atoms with E-state index in [1.807, 2.05) is 25.1 Å². The molecule has 0 radical (unpaired) electrons. The summed E-state index contributed by atoms with van der Waals surface area (Å²) in [6.07, 6.45) is 2.41. The molecule has 1 aromatic rings. The highest BCUT2D eigenvalue weighted by Crippen LogP contribution is 2.25. The third-order valence-electron chi connectivity index (χ3n) is 3.52. The number of benzene rings is 1. The highest BCUT2D eigenvalue weighted by molar-refractivity contribution is 5.37. The van der Waals surface area contributed by atoms with Crippen molar-refractivity contribution in [3.8, 4) is 5.75 Å². The monoisotopic (exact) mass is 235 g/mol. The second kappa shape index (κ2) is 6.65. The Bertz CT molecular complexity index is 345. The molecular formula is C15H25NO. The van der Waals surface area contributed by atoms with Crippen molar-refractivity contribution in [1.82, 2.24) is 5.32 Å². The molecule has 1 unspecified atom stereocenters. The van der Waals surface area contributed by atoms with Gasteiger partial charge in [-0.3, -0.25) is 0 Å². The molecular weight excluding hydrogens is 210 g/mol. The Morgan fingerprint density at radius 2 is 1.88 bits per heavy atom. The third-order valence-corrected chi connectivity index (χ3v) is 3.52. The lowest BCUT2D eigenvalue weighted by molar-refractivity contribution is 0.409. The van der Waals surface area contributed by atoms with Crippen LogP contribution in [-0.4, -0.2) is 11.7 Å². The molecule has 0 aromatic heterocycles. The highest BCUT2D eigenvalue weighted by Gasteiger charge is 2.11. The van der Waals surface area contributed by atoms with E-state index >= 15 is 0 Å². The van der Waals surface area contributed by atoms with E-state index in [0.29, 0.717) is 5.75 Å². The van der Waals surface area contributed by atoms with E-state index in [0.717, 1.165) is 23.6 Å². The number of rotatable bonds is 6. The maximum atomic E-state index is 9.90.